The van der Waals surface area contributed by atoms with E-state index in [2.05, 4.69) is 5.32 Å². The fraction of sp³-hybridized carbons (Fsp3) is 0.278. The van der Waals surface area contributed by atoms with E-state index in [1.165, 1.54) is 4.31 Å². The average Bonchev–Trinajstić information content (AvgIpc) is 3.07. The number of fused-ring (bicyclic) bond motifs is 2. The maximum absolute atomic E-state index is 13.1. The highest BCUT2D eigenvalue weighted by atomic mass is 32.2. The van der Waals surface area contributed by atoms with Gasteiger partial charge in [0.25, 0.3) is 10.0 Å². The second kappa shape index (κ2) is 4.83. The molecule has 0 bridgehead atoms. The van der Waals surface area contributed by atoms with Gasteiger partial charge in [-0.25, -0.2) is 8.42 Å². The molecule has 0 aromatic heterocycles. The molecule has 0 radical (unpaired) electrons. The lowest BCUT2D eigenvalue weighted by molar-refractivity contribution is -0.119. The standard InChI is InChI=1S/C18H18N2O3S/c1-18(2)14-11-13(7-8-15(14)19-17(18)21)24(22,23)20-10-9-12-5-3-4-6-16(12)20/h3-8,11H,9-10H2,1-2H3,(H,19,21). The third kappa shape index (κ3) is 1.99. The minimum absolute atomic E-state index is 0.112. The molecule has 0 aliphatic carbocycles. The number of anilines is 2. The topological polar surface area (TPSA) is 66.5 Å². The van der Waals surface area contributed by atoms with Crippen LogP contribution in [-0.4, -0.2) is 20.9 Å². The van der Waals surface area contributed by atoms with Crippen LogP contribution < -0.4 is 9.62 Å². The summed E-state index contributed by atoms with van der Waals surface area (Å²) in [4.78, 5) is 12.3. The van der Waals surface area contributed by atoms with Crippen molar-refractivity contribution in [3.05, 3.63) is 53.6 Å². The van der Waals surface area contributed by atoms with Crippen LogP contribution in [0.1, 0.15) is 25.0 Å². The average molecular weight is 342 g/mol. The molecular weight excluding hydrogens is 324 g/mol. The summed E-state index contributed by atoms with van der Waals surface area (Å²) in [6.07, 6.45) is 0.714. The van der Waals surface area contributed by atoms with Crippen LogP contribution in [0.25, 0.3) is 0 Å². The number of nitrogens with one attached hydrogen (secondary N) is 1. The Kier molecular flexibility index (Phi) is 3.06. The first kappa shape index (κ1) is 15.2. The highest BCUT2D eigenvalue weighted by Gasteiger charge is 2.40. The van der Waals surface area contributed by atoms with Crippen LogP contribution in [0, 0.1) is 0 Å². The molecule has 24 heavy (non-hydrogen) atoms. The van der Waals surface area contributed by atoms with Crippen LogP contribution in [0.4, 0.5) is 11.4 Å². The number of hydrogen-bond donors (Lipinski definition) is 1. The van der Waals surface area contributed by atoms with Crippen molar-refractivity contribution in [3.8, 4) is 0 Å². The van der Waals surface area contributed by atoms with Crippen molar-refractivity contribution in [1.29, 1.82) is 0 Å². The summed E-state index contributed by atoms with van der Waals surface area (Å²) in [5, 5.41) is 2.80. The second-order valence-corrected chi connectivity index (χ2v) is 8.60. The number of hydrogen-bond acceptors (Lipinski definition) is 3. The molecular formula is C18H18N2O3S. The van der Waals surface area contributed by atoms with E-state index < -0.39 is 15.4 Å². The molecule has 124 valence electrons. The summed E-state index contributed by atoms with van der Waals surface area (Å²) in [5.41, 5.74) is 2.46. The summed E-state index contributed by atoms with van der Waals surface area (Å²) < 4.78 is 27.7. The molecule has 0 saturated carbocycles. The van der Waals surface area contributed by atoms with Gasteiger partial charge in [-0.3, -0.25) is 9.10 Å². The Balaban J connectivity index is 1.81. The molecule has 4 rings (SSSR count). The van der Waals surface area contributed by atoms with Gasteiger partial charge in [-0.05, 0) is 55.7 Å². The fourth-order valence-electron chi connectivity index (χ4n) is 3.40. The molecule has 0 fully saturated rings. The lowest BCUT2D eigenvalue weighted by Gasteiger charge is -2.21. The summed E-state index contributed by atoms with van der Waals surface area (Å²) in [6.45, 7) is 4.05. The molecule has 0 atom stereocenters. The molecule has 2 aliphatic rings. The van der Waals surface area contributed by atoms with Crippen molar-refractivity contribution < 1.29 is 13.2 Å². The molecule has 1 N–H and O–H groups in total. The molecule has 2 aromatic rings. The third-order valence-electron chi connectivity index (χ3n) is 4.91. The van der Waals surface area contributed by atoms with Gasteiger partial charge in [-0.1, -0.05) is 18.2 Å². The highest BCUT2D eigenvalue weighted by molar-refractivity contribution is 7.92. The van der Waals surface area contributed by atoms with E-state index in [-0.39, 0.29) is 10.8 Å². The van der Waals surface area contributed by atoms with Crippen molar-refractivity contribution in [2.45, 2.75) is 30.6 Å². The van der Waals surface area contributed by atoms with E-state index in [0.717, 1.165) is 16.8 Å². The van der Waals surface area contributed by atoms with Gasteiger partial charge in [-0.2, -0.15) is 0 Å². The first-order valence-corrected chi connectivity index (χ1v) is 9.32. The monoisotopic (exact) mass is 342 g/mol. The van der Waals surface area contributed by atoms with Crippen molar-refractivity contribution in [1.82, 2.24) is 0 Å². The van der Waals surface area contributed by atoms with Gasteiger partial charge in [0, 0.05) is 12.2 Å². The predicted octanol–water partition coefficient (Wildman–Crippen LogP) is 2.67. The van der Waals surface area contributed by atoms with E-state index in [1.54, 1.807) is 32.0 Å². The zero-order valence-electron chi connectivity index (χ0n) is 13.5. The SMILES string of the molecule is CC1(C)C(=O)Nc2ccc(S(=O)(=O)N3CCc4ccccc43)cc21. The smallest absolute Gasteiger partial charge is 0.264 e. The van der Waals surface area contributed by atoms with Crippen molar-refractivity contribution in [2.75, 3.05) is 16.2 Å². The minimum Gasteiger partial charge on any atom is -0.325 e. The Morgan fingerprint density at radius 1 is 1.12 bits per heavy atom. The van der Waals surface area contributed by atoms with E-state index in [0.29, 0.717) is 18.7 Å². The molecule has 1 amide bonds. The van der Waals surface area contributed by atoms with Gasteiger partial charge in [0.1, 0.15) is 0 Å². The van der Waals surface area contributed by atoms with Gasteiger partial charge < -0.3 is 5.32 Å². The minimum atomic E-state index is -3.65. The first-order chi connectivity index (χ1) is 11.3. The number of para-hydroxylation sites is 1. The highest BCUT2D eigenvalue weighted by Crippen LogP contribution is 2.40. The van der Waals surface area contributed by atoms with Gasteiger partial charge >= 0.3 is 0 Å². The quantitative estimate of drug-likeness (QED) is 0.912. The third-order valence-corrected chi connectivity index (χ3v) is 6.72. The lowest BCUT2D eigenvalue weighted by Crippen LogP contribution is -2.30. The molecule has 2 aromatic carbocycles. The van der Waals surface area contributed by atoms with Gasteiger partial charge in [0.15, 0.2) is 0 Å². The van der Waals surface area contributed by atoms with Gasteiger partial charge in [-0.15, -0.1) is 0 Å². The van der Waals surface area contributed by atoms with Crippen LogP contribution >= 0.6 is 0 Å². The number of sulfonamides is 1. The molecule has 6 heteroatoms. The maximum atomic E-state index is 13.1. The summed E-state index contributed by atoms with van der Waals surface area (Å²) >= 11 is 0. The summed E-state index contributed by atoms with van der Waals surface area (Å²) in [5.74, 6) is -0.112. The first-order valence-electron chi connectivity index (χ1n) is 7.88. The summed E-state index contributed by atoms with van der Waals surface area (Å²) in [7, 11) is -3.65. The largest absolute Gasteiger partial charge is 0.325 e. The van der Waals surface area contributed by atoms with Crippen LogP contribution in [0.5, 0.6) is 0 Å². The zero-order chi connectivity index (χ0) is 17.1. The summed E-state index contributed by atoms with van der Waals surface area (Å²) in [6, 6.07) is 12.4. The van der Waals surface area contributed by atoms with E-state index >= 15 is 0 Å². The van der Waals surface area contributed by atoms with E-state index in [1.807, 2.05) is 24.3 Å². The number of carbonyl (C=O) groups is 1. The Morgan fingerprint density at radius 2 is 1.88 bits per heavy atom. The molecule has 2 heterocycles. The van der Waals surface area contributed by atoms with Crippen molar-refractivity contribution in [2.24, 2.45) is 0 Å². The normalized spacial score (nSPS) is 18.2. The lowest BCUT2D eigenvalue weighted by atomic mass is 9.86. The van der Waals surface area contributed by atoms with Gasteiger partial charge in [0.2, 0.25) is 5.91 Å². The Labute approximate surface area is 141 Å². The van der Waals surface area contributed by atoms with E-state index in [9.17, 15) is 13.2 Å². The fourth-order valence-corrected chi connectivity index (χ4v) is 4.93. The number of nitrogens with zero attached hydrogens (tertiary/aromatic N) is 1. The Morgan fingerprint density at radius 3 is 2.67 bits per heavy atom. The van der Waals surface area contributed by atoms with Gasteiger partial charge in [0.05, 0.1) is 16.0 Å². The van der Waals surface area contributed by atoms with E-state index in [4.69, 9.17) is 0 Å². The van der Waals surface area contributed by atoms with Crippen LogP contribution in [0.3, 0.4) is 0 Å². The Bertz CT molecular complexity index is 964. The van der Waals surface area contributed by atoms with Crippen molar-refractivity contribution >= 4 is 27.3 Å². The molecule has 2 aliphatic heterocycles. The van der Waals surface area contributed by atoms with Crippen LogP contribution in [0.15, 0.2) is 47.4 Å². The molecule has 5 nitrogen and oxygen atoms in total. The van der Waals surface area contributed by atoms with Crippen LogP contribution in [-0.2, 0) is 26.7 Å². The number of carbonyl (C=O) groups excluding carboxylic acids is 1. The number of rotatable bonds is 2. The second-order valence-electron chi connectivity index (χ2n) is 6.74. The molecule has 0 unspecified atom stereocenters. The predicted molar refractivity (Wildman–Crippen MR) is 92.8 cm³/mol. The zero-order valence-corrected chi connectivity index (χ0v) is 14.4. The van der Waals surface area contributed by atoms with Crippen LogP contribution in [0.2, 0.25) is 0 Å². The van der Waals surface area contributed by atoms with Crippen molar-refractivity contribution in [3.63, 3.8) is 0 Å². The maximum Gasteiger partial charge on any atom is 0.264 e. The molecule has 0 spiro atoms. The Hall–Kier alpha value is -2.34. The number of benzene rings is 2. The number of amides is 1. The molecule has 0 saturated heterocycles.